The molecule has 122 valence electrons. The van der Waals surface area contributed by atoms with E-state index in [0.717, 1.165) is 56.8 Å². The summed E-state index contributed by atoms with van der Waals surface area (Å²) in [6, 6.07) is 0. The zero-order valence-corrected chi connectivity index (χ0v) is 13.8. The maximum absolute atomic E-state index is 5.96. The summed E-state index contributed by atoms with van der Waals surface area (Å²) in [5.41, 5.74) is 1.91. The number of hydrogen-bond acceptors (Lipinski definition) is 8. The lowest BCUT2D eigenvalue weighted by Gasteiger charge is -2.43. The van der Waals surface area contributed by atoms with E-state index in [1.165, 1.54) is 6.42 Å². The smallest absolute Gasteiger partial charge is 0.208 e. The lowest BCUT2D eigenvalue weighted by molar-refractivity contribution is 0.0598. The minimum Gasteiger partial charge on any atom is -0.379 e. The van der Waals surface area contributed by atoms with Crippen molar-refractivity contribution in [3.05, 3.63) is 24.1 Å². The number of anilines is 2. The van der Waals surface area contributed by atoms with Gasteiger partial charge in [-0.2, -0.15) is 0 Å². The van der Waals surface area contributed by atoms with Crippen LogP contribution in [0.25, 0.3) is 0 Å². The molecule has 0 bridgehead atoms. The predicted molar refractivity (Wildman–Crippen MR) is 88.9 cm³/mol. The van der Waals surface area contributed by atoms with Crippen LogP contribution in [0.2, 0.25) is 0 Å². The van der Waals surface area contributed by atoms with Gasteiger partial charge in [0.15, 0.2) is 0 Å². The first kappa shape index (κ1) is 14.8. The summed E-state index contributed by atoms with van der Waals surface area (Å²) in [6.07, 6.45) is 7.62. The maximum atomic E-state index is 5.96. The zero-order chi connectivity index (χ0) is 15.5. The van der Waals surface area contributed by atoms with Gasteiger partial charge in [0.2, 0.25) is 5.13 Å². The molecule has 2 aliphatic rings. The molecular weight excluding hydrogens is 312 g/mol. The van der Waals surface area contributed by atoms with Crippen LogP contribution in [0.15, 0.2) is 24.1 Å². The highest BCUT2D eigenvalue weighted by Crippen LogP contribution is 2.36. The van der Waals surface area contributed by atoms with E-state index in [2.05, 4.69) is 30.0 Å². The number of piperidine rings is 1. The Labute approximate surface area is 139 Å². The number of rotatable bonds is 2. The molecular formula is C15H20N6OS. The minimum absolute atomic E-state index is 0.109. The summed E-state index contributed by atoms with van der Waals surface area (Å²) in [4.78, 5) is 13.3. The highest BCUT2D eigenvalue weighted by atomic mass is 32.1. The van der Waals surface area contributed by atoms with Crippen LogP contribution in [0, 0.1) is 5.41 Å². The average Bonchev–Trinajstić information content (AvgIpc) is 3.06. The zero-order valence-electron chi connectivity index (χ0n) is 13.0. The van der Waals surface area contributed by atoms with Gasteiger partial charge in [0.05, 0.1) is 19.4 Å². The first-order valence-electron chi connectivity index (χ1n) is 7.95. The first-order chi connectivity index (χ1) is 11.3. The summed E-state index contributed by atoms with van der Waals surface area (Å²) >= 11 is 1.61. The molecule has 1 atom stereocenters. The van der Waals surface area contributed by atoms with E-state index in [1.54, 1.807) is 29.2 Å². The van der Waals surface area contributed by atoms with Crippen molar-refractivity contribution >= 4 is 22.3 Å². The second-order valence-electron chi connectivity index (χ2n) is 6.28. The summed E-state index contributed by atoms with van der Waals surface area (Å²) in [6.45, 7) is 5.33. The maximum Gasteiger partial charge on any atom is 0.208 e. The Bertz CT molecular complexity index is 624. The van der Waals surface area contributed by atoms with Gasteiger partial charge in [-0.3, -0.25) is 4.98 Å². The number of hydrogen-bond donors (Lipinski definition) is 0. The van der Waals surface area contributed by atoms with Crippen LogP contribution in [0.5, 0.6) is 0 Å². The first-order valence-corrected chi connectivity index (χ1v) is 8.83. The molecule has 2 aromatic heterocycles. The van der Waals surface area contributed by atoms with Crippen LogP contribution in [0.1, 0.15) is 12.8 Å². The molecule has 0 radical (unpaired) electrons. The quantitative estimate of drug-likeness (QED) is 0.824. The summed E-state index contributed by atoms with van der Waals surface area (Å²) in [7, 11) is 0. The molecule has 0 N–H and O–H groups in total. The molecule has 0 saturated carbocycles. The van der Waals surface area contributed by atoms with E-state index in [4.69, 9.17) is 4.74 Å². The molecule has 2 aliphatic heterocycles. The van der Waals surface area contributed by atoms with E-state index in [1.807, 2.05) is 6.20 Å². The number of nitrogens with zero attached hydrogens (tertiary/aromatic N) is 6. The molecule has 23 heavy (non-hydrogen) atoms. The van der Waals surface area contributed by atoms with Gasteiger partial charge in [0.1, 0.15) is 11.3 Å². The molecule has 1 spiro atoms. The van der Waals surface area contributed by atoms with E-state index >= 15 is 0 Å². The van der Waals surface area contributed by atoms with Gasteiger partial charge in [-0.25, -0.2) is 4.98 Å². The van der Waals surface area contributed by atoms with Crippen molar-refractivity contribution in [2.24, 2.45) is 5.41 Å². The molecule has 4 rings (SSSR count). The fourth-order valence-corrected chi connectivity index (χ4v) is 4.15. The third kappa shape index (κ3) is 3.13. The van der Waals surface area contributed by atoms with Gasteiger partial charge < -0.3 is 14.5 Å². The summed E-state index contributed by atoms with van der Waals surface area (Å²) in [5.74, 6) is 0.936. The normalized spacial score (nSPS) is 25.6. The van der Waals surface area contributed by atoms with E-state index in [-0.39, 0.29) is 5.41 Å². The highest BCUT2D eigenvalue weighted by molar-refractivity contribution is 7.13. The van der Waals surface area contributed by atoms with Crippen molar-refractivity contribution < 1.29 is 4.74 Å². The third-order valence-corrected chi connectivity index (χ3v) is 5.34. The Hall–Kier alpha value is -1.80. The lowest BCUT2D eigenvalue weighted by atomic mass is 9.80. The molecule has 0 amide bonds. The fourth-order valence-electron chi connectivity index (χ4n) is 3.57. The van der Waals surface area contributed by atoms with Crippen LogP contribution in [-0.4, -0.2) is 59.6 Å². The fraction of sp³-hybridized carbons (Fsp3) is 0.600. The summed E-state index contributed by atoms with van der Waals surface area (Å²) < 4.78 is 5.96. The van der Waals surface area contributed by atoms with Crippen molar-refractivity contribution in [3.63, 3.8) is 0 Å². The molecule has 4 heterocycles. The molecule has 2 fully saturated rings. The molecule has 0 aliphatic carbocycles. The van der Waals surface area contributed by atoms with Crippen LogP contribution in [-0.2, 0) is 4.74 Å². The topological polar surface area (TPSA) is 67.3 Å². The van der Waals surface area contributed by atoms with Gasteiger partial charge in [-0.15, -0.1) is 10.2 Å². The van der Waals surface area contributed by atoms with Gasteiger partial charge >= 0.3 is 0 Å². The summed E-state index contributed by atoms with van der Waals surface area (Å²) in [5, 5.41) is 9.23. The molecule has 7 nitrogen and oxygen atoms in total. The molecule has 8 heteroatoms. The van der Waals surface area contributed by atoms with E-state index < -0.39 is 0 Å². The Morgan fingerprint density at radius 1 is 1.17 bits per heavy atom. The van der Waals surface area contributed by atoms with Crippen molar-refractivity contribution in [1.82, 2.24) is 20.2 Å². The number of ether oxygens (including phenoxy) is 1. The van der Waals surface area contributed by atoms with Gasteiger partial charge in [0.25, 0.3) is 0 Å². The standard InChI is InChI=1S/C15H20N6OS/c1-2-15(10-21(5-1)14-19-18-12-23-14)9-20(6-7-22-11-15)13-8-16-3-4-17-13/h3-4,8,12H,1-2,5-7,9-11H2/t15-/m0/s1. The Morgan fingerprint density at radius 3 is 2.96 bits per heavy atom. The van der Waals surface area contributed by atoms with Crippen LogP contribution in [0.3, 0.4) is 0 Å². The van der Waals surface area contributed by atoms with Crippen LogP contribution in [0.4, 0.5) is 10.9 Å². The minimum atomic E-state index is 0.109. The molecule has 2 aromatic rings. The predicted octanol–water partition coefficient (Wildman–Crippen LogP) is 1.45. The number of aromatic nitrogens is 4. The molecule has 0 aromatic carbocycles. The van der Waals surface area contributed by atoms with E-state index in [0.29, 0.717) is 0 Å². The van der Waals surface area contributed by atoms with Crippen molar-refractivity contribution in [2.75, 3.05) is 49.2 Å². The monoisotopic (exact) mass is 332 g/mol. The van der Waals surface area contributed by atoms with Gasteiger partial charge in [0, 0.05) is 44.0 Å². The average molecular weight is 332 g/mol. The Balaban J connectivity index is 1.56. The SMILES string of the molecule is c1cnc(N2CCOC[C@@]3(CCCN(c4nncs4)C3)C2)cn1. The van der Waals surface area contributed by atoms with Crippen molar-refractivity contribution in [1.29, 1.82) is 0 Å². The van der Waals surface area contributed by atoms with E-state index in [9.17, 15) is 0 Å². The van der Waals surface area contributed by atoms with Gasteiger partial charge in [-0.05, 0) is 12.8 Å². The second-order valence-corrected chi connectivity index (χ2v) is 7.10. The lowest BCUT2D eigenvalue weighted by Crippen LogP contribution is -2.51. The van der Waals surface area contributed by atoms with Crippen LogP contribution >= 0.6 is 11.3 Å². The molecule has 2 saturated heterocycles. The molecule has 0 unspecified atom stereocenters. The van der Waals surface area contributed by atoms with Crippen LogP contribution < -0.4 is 9.80 Å². The largest absolute Gasteiger partial charge is 0.379 e. The third-order valence-electron chi connectivity index (χ3n) is 4.59. The Morgan fingerprint density at radius 2 is 2.13 bits per heavy atom. The van der Waals surface area contributed by atoms with Crippen molar-refractivity contribution in [2.45, 2.75) is 12.8 Å². The Kier molecular flexibility index (Phi) is 4.09. The van der Waals surface area contributed by atoms with Crippen molar-refractivity contribution in [3.8, 4) is 0 Å². The highest BCUT2D eigenvalue weighted by Gasteiger charge is 2.40. The second kappa shape index (κ2) is 6.37. The van der Waals surface area contributed by atoms with Gasteiger partial charge in [-0.1, -0.05) is 11.3 Å².